The molecular formula is C12H16F3NO5. The smallest absolute Gasteiger partial charge is 0.391 e. The molecule has 3 atom stereocenters. The first-order valence-electron chi connectivity index (χ1n) is 6.43. The first-order valence-corrected chi connectivity index (χ1v) is 6.43. The SMILES string of the molecule is O=C(O)CC(NC(=O)C1CCCC(C(F)(F)F)C1)C(=O)O. The summed E-state index contributed by atoms with van der Waals surface area (Å²) >= 11 is 0. The number of alkyl halides is 3. The van der Waals surface area contributed by atoms with Crippen molar-refractivity contribution in [2.45, 2.75) is 44.3 Å². The Morgan fingerprint density at radius 2 is 1.81 bits per heavy atom. The predicted octanol–water partition coefficient (Wildman–Crippen LogP) is 1.40. The summed E-state index contributed by atoms with van der Waals surface area (Å²) in [5.41, 5.74) is 0. The number of carbonyl (C=O) groups excluding carboxylic acids is 1. The third-order valence-corrected chi connectivity index (χ3v) is 3.50. The summed E-state index contributed by atoms with van der Waals surface area (Å²) in [5.74, 6) is -6.31. The maximum atomic E-state index is 12.6. The maximum Gasteiger partial charge on any atom is 0.391 e. The summed E-state index contributed by atoms with van der Waals surface area (Å²) in [4.78, 5) is 33.1. The monoisotopic (exact) mass is 311 g/mol. The van der Waals surface area contributed by atoms with Gasteiger partial charge in [0.2, 0.25) is 5.91 Å². The van der Waals surface area contributed by atoms with Gasteiger partial charge in [-0.2, -0.15) is 13.2 Å². The van der Waals surface area contributed by atoms with E-state index in [1.807, 2.05) is 5.32 Å². The van der Waals surface area contributed by atoms with E-state index in [9.17, 15) is 27.6 Å². The van der Waals surface area contributed by atoms with E-state index in [2.05, 4.69) is 0 Å². The van der Waals surface area contributed by atoms with E-state index in [0.717, 1.165) is 0 Å². The van der Waals surface area contributed by atoms with Gasteiger partial charge in [0.15, 0.2) is 0 Å². The van der Waals surface area contributed by atoms with Crippen LogP contribution in [0.4, 0.5) is 13.2 Å². The molecule has 0 radical (unpaired) electrons. The number of carboxylic acids is 2. The third-order valence-electron chi connectivity index (χ3n) is 3.50. The van der Waals surface area contributed by atoms with Gasteiger partial charge in [-0.3, -0.25) is 9.59 Å². The van der Waals surface area contributed by atoms with Gasteiger partial charge in [-0.1, -0.05) is 6.42 Å². The number of carboxylic acid groups (broad SMARTS) is 2. The van der Waals surface area contributed by atoms with E-state index < -0.39 is 54.7 Å². The normalized spacial score (nSPS) is 24.1. The number of rotatable bonds is 5. The van der Waals surface area contributed by atoms with E-state index in [1.165, 1.54) is 0 Å². The van der Waals surface area contributed by atoms with Gasteiger partial charge < -0.3 is 15.5 Å². The first kappa shape index (κ1) is 17.3. The van der Waals surface area contributed by atoms with Crippen LogP contribution in [-0.4, -0.2) is 40.3 Å². The third kappa shape index (κ3) is 5.24. The summed E-state index contributed by atoms with van der Waals surface area (Å²) in [6.07, 6.45) is -5.20. The van der Waals surface area contributed by atoms with Crippen molar-refractivity contribution in [3.63, 3.8) is 0 Å². The number of nitrogens with one attached hydrogen (secondary N) is 1. The van der Waals surface area contributed by atoms with Crippen molar-refractivity contribution in [2.24, 2.45) is 11.8 Å². The number of amides is 1. The molecule has 6 nitrogen and oxygen atoms in total. The van der Waals surface area contributed by atoms with E-state index in [4.69, 9.17) is 10.2 Å². The number of hydrogen-bond acceptors (Lipinski definition) is 3. The molecule has 0 bridgehead atoms. The molecule has 9 heteroatoms. The average Bonchev–Trinajstić information content (AvgIpc) is 2.36. The van der Waals surface area contributed by atoms with Crippen LogP contribution >= 0.6 is 0 Å². The molecule has 0 aromatic carbocycles. The van der Waals surface area contributed by atoms with E-state index in [1.54, 1.807) is 0 Å². The highest BCUT2D eigenvalue weighted by Crippen LogP contribution is 2.39. The highest BCUT2D eigenvalue weighted by Gasteiger charge is 2.43. The number of halogens is 3. The van der Waals surface area contributed by atoms with Gasteiger partial charge in [0, 0.05) is 5.92 Å². The number of hydrogen-bond donors (Lipinski definition) is 3. The van der Waals surface area contributed by atoms with Crippen LogP contribution in [0.2, 0.25) is 0 Å². The van der Waals surface area contributed by atoms with Crippen LogP contribution in [-0.2, 0) is 14.4 Å². The Hall–Kier alpha value is -1.80. The summed E-state index contributed by atoms with van der Waals surface area (Å²) < 4.78 is 37.9. The average molecular weight is 311 g/mol. The lowest BCUT2D eigenvalue weighted by Gasteiger charge is -2.30. The summed E-state index contributed by atoms with van der Waals surface area (Å²) in [6, 6.07) is -1.64. The topological polar surface area (TPSA) is 104 Å². The summed E-state index contributed by atoms with van der Waals surface area (Å²) in [6.45, 7) is 0. The van der Waals surface area contributed by atoms with Crippen LogP contribution in [0.25, 0.3) is 0 Å². The van der Waals surface area contributed by atoms with E-state index in [0.29, 0.717) is 0 Å². The molecule has 1 aliphatic carbocycles. The molecule has 3 N–H and O–H groups in total. The van der Waals surface area contributed by atoms with Crippen LogP contribution in [0.1, 0.15) is 32.1 Å². The molecule has 1 aliphatic rings. The second-order valence-corrected chi connectivity index (χ2v) is 5.10. The van der Waals surface area contributed by atoms with Crippen molar-refractivity contribution in [3.05, 3.63) is 0 Å². The molecule has 3 unspecified atom stereocenters. The van der Waals surface area contributed by atoms with Gasteiger partial charge in [-0.05, 0) is 19.3 Å². The van der Waals surface area contributed by atoms with Crippen LogP contribution < -0.4 is 5.32 Å². The van der Waals surface area contributed by atoms with Gasteiger partial charge in [0.1, 0.15) is 6.04 Å². The van der Waals surface area contributed by atoms with Gasteiger partial charge >= 0.3 is 18.1 Å². The van der Waals surface area contributed by atoms with Crippen molar-refractivity contribution in [3.8, 4) is 0 Å². The zero-order chi connectivity index (χ0) is 16.2. The van der Waals surface area contributed by atoms with E-state index >= 15 is 0 Å². The zero-order valence-electron chi connectivity index (χ0n) is 11.0. The number of carbonyl (C=O) groups is 3. The first-order chi connectivity index (χ1) is 9.61. The Kier molecular flexibility index (Phi) is 5.56. The zero-order valence-corrected chi connectivity index (χ0v) is 11.0. The van der Waals surface area contributed by atoms with Gasteiger partial charge in [0.25, 0.3) is 0 Å². The number of aliphatic carboxylic acids is 2. The van der Waals surface area contributed by atoms with Gasteiger partial charge in [-0.15, -0.1) is 0 Å². The van der Waals surface area contributed by atoms with Crippen LogP contribution in [0.5, 0.6) is 0 Å². The fourth-order valence-corrected chi connectivity index (χ4v) is 2.39. The summed E-state index contributed by atoms with van der Waals surface area (Å²) in [5, 5.41) is 19.3. The second kappa shape index (κ2) is 6.77. The minimum Gasteiger partial charge on any atom is -0.481 e. The molecule has 0 heterocycles. The molecule has 0 aromatic heterocycles. The van der Waals surface area contributed by atoms with Crippen LogP contribution in [0.15, 0.2) is 0 Å². The molecule has 0 spiro atoms. The van der Waals surface area contributed by atoms with Crippen molar-refractivity contribution in [2.75, 3.05) is 0 Å². The largest absolute Gasteiger partial charge is 0.481 e. The highest BCUT2D eigenvalue weighted by molar-refractivity contribution is 5.87. The fourth-order valence-electron chi connectivity index (χ4n) is 2.39. The highest BCUT2D eigenvalue weighted by atomic mass is 19.4. The molecule has 0 saturated heterocycles. The lowest BCUT2D eigenvalue weighted by atomic mass is 9.80. The molecule has 21 heavy (non-hydrogen) atoms. The Labute approximate surface area is 118 Å². The Morgan fingerprint density at radius 1 is 1.19 bits per heavy atom. The standard InChI is InChI=1S/C12H16F3NO5/c13-12(14,15)7-3-1-2-6(4-7)10(19)16-8(11(20)21)5-9(17)18/h6-8H,1-5H2,(H,16,19)(H,17,18)(H,20,21). The molecule has 0 aliphatic heterocycles. The van der Waals surface area contributed by atoms with Crippen molar-refractivity contribution < 1.29 is 37.8 Å². The van der Waals surface area contributed by atoms with Crippen molar-refractivity contribution in [1.82, 2.24) is 5.32 Å². The Bertz CT molecular complexity index is 424. The van der Waals surface area contributed by atoms with Crippen LogP contribution in [0.3, 0.4) is 0 Å². The van der Waals surface area contributed by atoms with Crippen LogP contribution in [0, 0.1) is 11.8 Å². The minimum absolute atomic E-state index is 0.0508. The summed E-state index contributed by atoms with van der Waals surface area (Å²) in [7, 11) is 0. The minimum atomic E-state index is -4.38. The Balaban J connectivity index is 2.65. The van der Waals surface area contributed by atoms with Crippen molar-refractivity contribution in [1.29, 1.82) is 0 Å². The molecule has 0 aromatic rings. The lowest BCUT2D eigenvalue weighted by molar-refractivity contribution is -0.186. The molecule has 120 valence electrons. The Morgan fingerprint density at radius 3 is 2.29 bits per heavy atom. The molecular weight excluding hydrogens is 295 g/mol. The van der Waals surface area contributed by atoms with Gasteiger partial charge in [0.05, 0.1) is 12.3 Å². The quantitative estimate of drug-likeness (QED) is 0.712. The molecule has 1 fully saturated rings. The molecule has 1 saturated carbocycles. The van der Waals surface area contributed by atoms with E-state index in [-0.39, 0.29) is 19.3 Å². The lowest BCUT2D eigenvalue weighted by Crippen LogP contribution is -2.46. The molecule has 1 amide bonds. The predicted molar refractivity (Wildman–Crippen MR) is 63.3 cm³/mol. The van der Waals surface area contributed by atoms with Crippen molar-refractivity contribution >= 4 is 17.8 Å². The second-order valence-electron chi connectivity index (χ2n) is 5.10. The molecule has 1 rings (SSSR count). The fraction of sp³-hybridized carbons (Fsp3) is 0.750. The maximum absolute atomic E-state index is 12.6. The van der Waals surface area contributed by atoms with Gasteiger partial charge in [-0.25, -0.2) is 4.79 Å².